The van der Waals surface area contributed by atoms with Gasteiger partial charge < -0.3 is 14.4 Å². The number of ether oxygens (including phenoxy) is 2. The van der Waals surface area contributed by atoms with E-state index in [0.717, 1.165) is 0 Å². The van der Waals surface area contributed by atoms with Crippen LogP contribution in [0.2, 0.25) is 0 Å². The van der Waals surface area contributed by atoms with Crippen LogP contribution in [-0.4, -0.2) is 38.2 Å². The first-order valence-corrected chi connectivity index (χ1v) is 6.17. The Hall–Kier alpha value is -2.31. The Morgan fingerprint density at radius 2 is 2.10 bits per heavy atom. The molecule has 0 bridgehead atoms. The minimum absolute atomic E-state index is 0.0162. The first kappa shape index (κ1) is 15.7. The number of nitro groups is 1. The number of esters is 1. The highest BCUT2D eigenvalue weighted by molar-refractivity contribution is 5.71. The van der Waals surface area contributed by atoms with Crippen LogP contribution in [-0.2, 0) is 9.53 Å². The summed E-state index contributed by atoms with van der Waals surface area (Å²) in [5.41, 5.74) is 0.415. The lowest BCUT2D eigenvalue weighted by atomic mass is 10.2. The zero-order valence-corrected chi connectivity index (χ0v) is 11.8. The van der Waals surface area contributed by atoms with Gasteiger partial charge in [-0.2, -0.15) is 0 Å². The van der Waals surface area contributed by atoms with Crippen molar-refractivity contribution >= 4 is 17.3 Å². The number of methoxy groups -OCH3 is 2. The normalized spacial score (nSPS) is 9.95. The number of benzene rings is 1. The predicted molar refractivity (Wildman–Crippen MR) is 74.2 cm³/mol. The van der Waals surface area contributed by atoms with Gasteiger partial charge in [0.15, 0.2) is 0 Å². The topological polar surface area (TPSA) is 81.9 Å². The van der Waals surface area contributed by atoms with Crippen LogP contribution in [0.4, 0.5) is 11.4 Å². The van der Waals surface area contributed by atoms with Crippen molar-refractivity contribution in [3.63, 3.8) is 0 Å². The molecule has 0 aliphatic carbocycles. The van der Waals surface area contributed by atoms with E-state index in [1.807, 2.05) is 6.92 Å². The van der Waals surface area contributed by atoms with Gasteiger partial charge in [-0.1, -0.05) is 0 Å². The zero-order valence-electron chi connectivity index (χ0n) is 11.8. The van der Waals surface area contributed by atoms with Gasteiger partial charge in [-0.15, -0.1) is 0 Å². The molecular formula is C13H18N2O5. The van der Waals surface area contributed by atoms with Gasteiger partial charge in [-0.25, -0.2) is 0 Å². The quantitative estimate of drug-likeness (QED) is 0.432. The second kappa shape index (κ2) is 7.32. The molecule has 0 saturated heterocycles. The van der Waals surface area contributed by atoms with Crippen molar-refractivity contribution in [2.24, 2.45) is 0 Å². The van der Waals surface area contributed by atoms with Crippen molar-refractivity contribution in [3.05, 3.63) is 28.3 Å². The highest BCUT2D eigenvalue weighted by Crippen LogP contribution is 2.32. The monoisotopic (exact) mass is 282 g/mol. The summed E-state index contributed by atoms with van der Waals surface area (Å²) < 4.78 is 9.67. The molecular weight excluding hydrogens is 264 g/mol. The Morgan fingerprint density at radius 1 is 1.40 bits per heavy atom. The summed E-state index contributed by atoms with van der Waals surface area (Å²) in [6.45, 7) is 2.74. The van der Waals surface area contributed by atoms with E-state index in [1.54, 1.807) is 11.0 Å². The number of rotatable bonds is 7. The molecule has 110 valence electrons. The van der Waals surface area contributed by atoms with E-state index in [2.05, 4.69) is 4.74 Å². The highest BCUT2D eigenvalue weighted by Gasteiger charge is 2.20. The van der Waals surface area contributed by atoms with Crippen molar-refractivity contribution in [2.75, 3.05) is 32.2 Å². The van der Waals surface area contributed by atoms with Gasteiger partial charge in [0.1, 0.15) is 11.4 Å². The molecule has 0 amide bonds. The molecule has 0 heterocycles. The van der Waals surface area contributed by atoms with Crippen molar-refractivity contribution in [2.45, 2.75) is 13.3 Å². The average molecular weight is 282 g/mol. The summed E-state index contributed by atoms with van der Waals surface area (Å²) in [5, 5.41) is 11.1. The van der Waals surface area contributed by atoms with Crippen LogP contribution in [0.15, 0.2) is 18.2 Å². The molecule has 0 aliphatic heterocycles. The van der Waals surface area contributed by atoms with Crippen molar-refractivity contribution in [1.29, 1.82) is 0 Å². The number of nitro benzene ring substituents is 1. The van der Waals surface area contributed by atoms with Gasteiger partial charge >= 0.3 is 5.97 Å². The fourth-order valence-electron chi connectivity index (χ4n) is 1.82. The molecule has 1 rings (SSSR count). The summed E-state index contributed by atoms with van der Waals surface area (Å²) in [7, 11) is 2.81. The van der Waals surface area contributed by atoms with Crippen LogP contribution in [0.1, 0.15) is 13.3 Å². The molecule has 0 spiro atoms. The molecule has 0 radical (unpaired) electrons. The van der Waals surface area contributed by atoms with Crippen LogP contribution in [0, 0.1) is 10.1 Å². The van der Waals surface area contributed by atoms with Gasteiger partial charge in [0.05, 0.1) is 25.6 Å². The summed E-state index contributed by atoms with van der Waals surface area (Å²) in [4.78, 5) is 23.6. The first-order chi connectivity index (χ1) is 9.53. The smallest absolute Gasteiger partial charge is 0.307 e. The summed E-state index contributed by atoms with van der Waals surface area (Å²) in [6.07, 6.45) is 0.165. The molecule has 1 aromatic carbocycles. The van der Waals surface area contributed by atoms with Crippen LogP contribution < -0.4 is 9.64 Å². The third-order valence-electron chi connectivity index (χ3n) is 2.92. The van der Waals surface area contributed by atoms with Gasteiger partial charge in [0.25, 0.3) is 5.69 Å². The minimum atomic E-state index is -0.449. The van der Waals surface area contributed by atoms with Gasteiger partial charge in [-0.3, -0.25) is 14.9 Å². The van der Waals surface area contributed by atoms with E-state index in [1.165, 1.54) is 26.4 Å². The lowest BCUT2D eigenvalue weighted by molar-refractivity contribution is -0.384. The van der Waals surface area contributed by atoms with E-state index in [4.69, 9.17) is 4.74 Å². The van der Waals surface area contributed by atoms with Crippen LogP contribution in [0.3, 0.4) is 0 Å². The second-order valence-electron chi connectivity index (χ2n) is 4.02. The summed E-state index contributed by atoms with van der Waals surface area (Å²) in [5.74, 6) is 0.177. The summed E-state index contributed by atoms with van der Waals surface area (Å²) >= 11 is 0. The lowest BCUT2D eigenvalue weighted by Gasteiger charge is -2.22. The van der Waals surface area contributed by atoms with Gasteiger partial charge in [0.2, 0.25) is 0 Å². The van der Waals surface area contributed by atoms with Gasteiger partial charge in [-0.05, 0) is 13.0 Å². The van der Waals surface area contributed by atoms with Crippen LogP contribution >= 0.6 is 0 Å². The Balaban J connectivity index is 3.05. The third kappa shape index (κ3) is 3.84. The molecule has 7 nitrogen and oxygen atoms in total. The molecule has 7 heteroatoms. The second-order valence-corrected chi connectivity index (χ2v) is 4.02. The molecule has 20 heavy (non-hydrogen) atoms. The number of hydrogen-bond donors (Lipinski definition) is 0. The maximum Gasteiger partial charge on any atom is 0.307 e. The van der Waals surface area contributed by atoms with Crippen molar-refractivity contribution in [3.8, 4) is 5.75 Å². The fourth-order valence-corrected chi connectivity index (χ4v) is 1.82. The molecule has 0 unspecified atom stereocenters. The number of carbonyl (C=O) groups excluding carboxylic acids is 1. The minimum Gasteiger partial charge on any atom is -0.497 e. The Labute approximate surface area is 117 Å². The Kier molecular flexibility index (Phi) is 5.76. The molecule has 0 N–H and O–H groups in total. The fraction of sp³-hybridized carbons (Fsp3) is 0.462. The Morgan fingerprint density at radius 3 is 2.60 bits per heavy atom. The van der Waals surface area contributed by atoms with Gasteiger partial charge in [0, 0.05) is 25.2 Å². The molecule has 0 atom stereocenters. The predicted octanol–water partition coefficient (Wildman–Crippen LogP) is 1.99. The SMILES string of the molecule is CCN(CCC(=O)OC)c1cc(OC)ccc1[N+](=O)[O-]. The number of nitrogens with zero attached hydrogens (tertiary/aromatic N) is 2. The molecule has 0 aromatic heterocycles. The largest absolute Gasteiger partial charge is 0.497 e. The molecule has 0 saturated carbocycles. The van der Waals surface area contributed by atoms with E-state index < -0.39 is 4.92 Å². The number of anilines is 1. The maximum atomic E-state index is 11.2. The average Bonchev–Trinajstić information content (AvgIpc) is 2.47. The van der Waals surface area contributed by atoms with Crippen molar-refractivity contribution in [1.82, 2.24) is 0 Å². The van der Waals surface area contributed by atoms with Crippen LogP contribution in [0.25, 0.3) is 0 Å². The van der Waals surface area contributed by atoms with Crippen molar-refractivity contribution < 1.29 is 19.2 Å². The van der Waals surface area contributed by atoms with E-state index in [-0.39, 0.29) is 18.1 Å². The highest BCUT2D eigenvalue weighted by atomic mass is 16.6. The molecule has 0 aliphatic rings. The standard InChI is InChI=1S/C13H18N2O5/c1-4-14(8-7-13(16)20-3)12-9-10(19-2)5-6-11(12)15(17)18/h5-6,9H,4,7-8H2,1-3H3. The van der Waals surface area contributed by atoms with E-state index >= 15 is 0 Å². The molecule has 1 aromatic rings. The lowest BCUT2D eigenvalue weighted by Crippen LogP contribution is -2.26. The van der Waals surface area contributed by atoms with Crippen LogP contribution in [0.5, 0.6) is 5.75 Å². The maximum absolute atomic E-state index is 11.2. The Bertz CT molecular complexity index is 490. The molecule has 0 fully saturated rings. The third-order valence-corrected chi connectivity index (χ3v) is 2.92. The summed E-state index contributed by atoms with van der Waals surface area (Å²) in [6, 6.07) is 4.53. The zero-order chi connectivity index (χ0) is 15.1. The number of carbonyl (C=O) groups is 1. The number of hydrogen-bond acceptors (Lipinski definition) is 6. The first-order valence-electron chi connectivity index (χ1n) is 6.17. The van der Waals surface area contributed by atoms with E-state index in [9.17, 15) is 14.9 Å². The van der Waals surface area contributed by atoms with E-state index in [0.29, 0.717) is 24.5 Å².